The lowest BCUT2D eigenvalue weighted by Crippen LogP contribution is -2.47. The summed E-state index contributed by atoms with van der Waals surface area (Å²) in [6.07, 6.45) is 27.8. The molecule has 5 heterocycles. The van der Waals surface area contributed by atoms with Crippen molar-refractivity contribution in [3.8, 4) is 0 Å². The number of nitrogens with zero attached hydrogens (tertiary/aromatic N) is 5. The average Bonchev–Trinajstić information content (AvgIpc) is 1.06. The van der Waals surface area contributed by atoms with Crippen molar-refractivity contribution in [3.63, 3.8) is 0 Å². The summed E-state index contributed by atoms with van der Waals surface area (Å²) in [4.78, 5) is 158. The molecule has 0 N–H and O–H groups in total. The van der Waals surface area contributed by atoms with Crippen molar-refractivity contribution < 1.29 is 19.2 Å². The van der Waals surface area contributed by atoms with Crippen LogP contribution in [-0.2, 0) is 6.54 Å². The number of amides is 4. The monoisotopic (exact) mass is 1450 g/mol. The third-order valence-corrected chi connectivity index (χ3v) is 25.3. The number of imide groups is 2. The van der Waals surface area contributed by atoms with Gasteiger partial charge in [0, 0.05) is 96.6 Å². The highest BCUT2D eigenvalue weighted by Crippen LogP contribution is 2.52. The molecule has 16 rings (SSSR count). The minimum atomic E-state index is -0.701. The predicted molar refractivity (Wildman–Crippen MR) is 442 cm³/mol. The second-order valence-electron chi connectivity index (χ2n) is 31.9. The van der Waals surface area contributed by atoms with Crippen molar-refractivity contribution >= 4 is 153 Å². The molecule has 15 nitrogen and oxygen atoms in total. The maximum absolute atomic E-state index is 16.1. The van der Waals surface area contributed by atoms with Crippen LogP contribution in [0.5, 0.6) is 0 Å². The highest BCUT2D eigenvalue weighted by molar-refractivity contribution is 6.49. The molecule has 0 aliphatic carbocycles. The number of aromatic nitrogens is 3. The molecule has 0 bridgehead atoms. The van der Waals surface area contributed by atoms with E-state index in [9.17, 15) is 9.59 Å². The van der Waals surface area contributed by atoms with E-state index < -0.39 is 40.6 Å². The summed E-state index contributed by atoms with van der Waals surface area (Å²) in [5.74, 6) is -1.78. The van der Waals surface area contributed by atoms with Crippen molar-refractivity contribution in [2.45, 2.75) is 259 Å². The summed E-state index contributed by atoms with van der Waals surface area (Å²) in [5, 5.41) is 12.0. The normalized spacial score (nSPS) is 13.9. The van der Waals surface area contributed by atoms with Crippen LogP contribution in [0.1, 0.15) is 288 Å². The third-order valence-electron chi connectivity index (χ3n) is 25.3. The Labute approximate surface area is 626 Å². The maximum atomic E-state index is 16.1. The fourth-order valence-electron chi connectivity index (χ4n) is 20.0. The number of hydrogen-bond acceptors (Lipinski definition) is 10. The van der Waals surface area contributed by atoms with E-state index in [0.717, 1.165) is 203 Å². The number of fused-ring (bicyclic) bond motifs is 6. The highest BCUT2D eigenvalue weighted by atomic mass is 16.2. The van der Waals surface area contributed by atoms with Crippen LogP contribution in [0.25, 0.3) is 129 Å². The molecular formula is C93H99N5O10. The van der Waals surface area contributed by atoms with E-state index in [1.165, 1.54) is 9.13 Å². The Balaban J connectivity index is 0.844. The number of benzene rings is 11. The first-order valence-corrected chi connectivity index (χ1v) is 41.2. The van der Waals surface area contributed by atoms with Crippen LogP contribution in [-0.4, -0.2) is 59.7 Å². The van der Waals surface area contributed by atoms with Gasteiger partial charge < -0.3 is 0 Å². The minimum absolute atomic E-state index is 0.0170. The van der Waals surface area contributed by atoms with Gasteiger partial charge in [0.2, 0.25) is 0 Å². The summed E-state index contributed by atoms with van der Waals surface area (Å²) in [5.41, 5.74) is -1.59. The number of rotatable bonds is 36. The smallest absolute Gasteiger partial charge is 0.262 e. The van der Waals surface area contributed by atoms with Crippen LogP contribution < -0.4 is 33.4 Å². The van der Waals surface area contributed by atoms with E-state index in [1.54, 1.807) is 41.3 Å². The Morgan fingerprint density at radius 2 is 0.500 bits per heavy atom. The van der Waals surface area contributed by atoms with Crippen molar-refractivity contribution in [1.82, 2.24) is 23.5 Å². The summed E-state index contributed by atoms with van der Waals surface area (Å²) < 4.78 is 4.02. The highest BCUT2D eigenvalue weighted by Gasteiger charge is 2.41. The van der Waals surface area contributed by atoms with Gasteiger partial charge in [0.1, 0.15) is 0 Å². The summed E-state index contributed by atoms with van der Waals surface area (Å²) >= 11 is 0. The molecular weight excluding hydrogens is 1350 g/mol. The fraction of sp³-hybridized carbons (Fsp3) is 0.441. The zero-order chi connectivity index (χ0) is 75.1. The number of carbonyl (C=O) groups is 4. The molecule has 2 aliphatic heterocycles. The van der Waals surface area contributed by atoms with Crippen molar-refractivity contribution in [1.29, 1.82) is 0 Å². The van der Waals surface area contributed by atoms with Crippen molar-refractivity contribution in [2.75, 3.05) is 6.54 Å². The summed E-state index contributed by atoms with van der Waals surface area (Å²) in [6, 6.07) is 24.6. The van der Waals surface area contributed by atoms with E-state index in [1.807, 2.05) is 48.5 Å². The Bertz CT molecular complexity index is 5900. The Kier molecular flexibility index (Phi) is 19.9. The molecule has 11 aromatic carbocycles. The van der Waals surface area contributed by atoms with E-state index in [-0.39, 0.29) is 80.3 Å². The minimum Gasteiger partial charge on any atom is -0.273 e. The molecule has 0 unspecified atom stereocenters. The van der Waals surface area contributed by atoms with Crippen LogP contribution in [0.2, 0.25) is 0 Å². The van der Waals surface area contributed by atoms with Crippen LogP contribution in [0, 0.1) is 0 Å². The first-order chi connectivity index (χ1) is 52.6. The van der Waals surface area contributed by atoms with Gasteiger partial charge >= 0.3 is 0 Å². The van der Waals surface area contributed by atoms with Crippen LogP contribution in [0.4, 0.5) is 0 Å². The first kappa shape index (κ1) is 72.4. The van der Waals surface area contributed by atoms with Gasteiger partial charge in [-0.3, -0.25) is 71.4 Å². The zero-order valence-electron chi connectivity index (χ0n) is 63.8. The van der Waals surface area contributed by atoms with Crippen molar-refractivity contribution in [3.05, 3.63) is 169 Å². The van der Waals surface area contributed by atoms with Gasteiger partial charge in [-0.1, -0.05) is 232 Å². The fourth-order valence-corrected chi connectivity index (χ4v) is 20.0. The Morgan fingerprint density at radius 3 is 0.833 bits per heavy atom. The molecule has 14 aromatic rings. The van der Waals surface area contributed by atoms with Crippen LogP contribution >= 0.6 is 0 Å². The topological polar surface area (TPSA) is 192 Å². The second-order valence-corrected chi connectivity index (χ2v) is 31.9. The number of carbonyl (C=O) groups excluding carboxylic acids is 4. The molecule has 0 spiro atoms. The average molecular weight is 1450 g/mol. The quantitative estimate of drug-likeness (QED) is 0.0158. The predicted octanol–water partition coefficient (Wildman–Crippen LogP) is 20.9. The molecule has 0 saturated heterocycles. The SMILES string of the molecule is CCCCCCC(CCCCCC)N1C(=O)c2ccc3c4ccc5c6c(ccc(c7ccc(c2c37)C1=O)c64)C(=O)N(CCn1c(=O)c2c3cc4c(=O)n(C(CCCCCC)CCCCCC)c(=O)c6ccc7c8ccc9c(=O)n(C(CCCCCC)CCCCCC)c(=O)c%10cc(c2c1=O)c(c8c9%10)c3c7c64)C5=O. The van der Waals surface area contributed by atoms with Crippen LogP contribution in [0.3, 0.4) is 0 Å². The summed E-state index contributed by atoms with van der Waals surface area (Å²) in [6.45, 7) is 12.2. The van der Waals surface area contributed by atoms with Gasteiger partial charge in [0.05, 0.1) is 10.8 Å². The lowest BCUT2D eigenvalue weighted by atomic mass is 9.81. The first-order valence-electron chi connectivity index (χ1n) is 41.2. The molecule has 0 fully saturated rings. The number of hydrogen-bond donors (Lipinski definition) is 0. The molecule has 4 amide bonds. The van der Waals surface area contributed by atoms with Gasteiger partial charge in [0.15, 0.2) is 0 Å². The molecule has 0 atom stereocenters. The Hall–Kier alpha value is -9.76. The second kappa shape index (κ2) is 29.7. The molecule has 108 heavy (non-hydrogen) atoms. The van der Waals surface area contributed by atoms with E-state index in [4.69, 9.17) is 0 Å². The largest absolute Gasteiger partial charge is 0.273 e. The van der Waals surface area contributed by atoms with E-state index in [2.05, 4.69) is 41.5 Å². The molecule has 0 radical (unpaired) electrons. The lowest BCUT2D eigenvalue weighted by molar-refractivity contribution is 0.0514. The molecule has 3 aromatic heterocycles. The van der Waals surface area contributed by atoms with Gasteiger partial charge in [0.25, 0.3) is 57.0 Å². The lowest BCUT2D eigenvalue weighted by Gasteiger charge is -2.35. The van der Waals surface area contributed by atoms with Gasteiger partial charge in [-0.2, -0.15) is 0 Å². The molecule has 2 aliphatic rings. The van der Waals surface area contributed by atoms with E-state index >= 15 is 38.4 Å². The van der Waals surface area contributed by atoms with Gasteiger partial charge in [-0.15, -0.1) is 0 Å². The number of unbranched alkanes of at least 4 members (excludes halogenated alkanes) is 18. The van der Waals surface area contributed by atoms with Gasteiger partial charge in [-0.25, -0.2) is 0 Å². The summed E-state index contributed by atoms with van der Waals surface area (Å²) in [7, 11) is 0. The van der Waals surface area contributed by atoms with Gasteiger partial charge in [-0.05, 0) is 162 Å². The van der Waals surface area contributed by atoms with Crippen LogP contribution in [0.15, 0.2) is 114 Å². The van der Waals surface area contributed by atoms with E-state index in [0.29, 0.717) is 118 Å². The third kappa shape index (κ3) is 11.4. The Morgan fingerprint density at radius 1 is 0.231 bits per heavy atom. The molecule has 0 saturated carbocycles. The number of pyridine rings is 2. The maximum Gasteiger partial charge on any atom is 0.262 e. The molecule has 15 heteroatoms. The standard InChI is InChI=1S/C93H99N5O10/c1-7-13-19-25-31-53(32-26-20-14-8-2)96-86(101)64-45-39-58-56-37-43-62-74-63(44-38-57(72(56)74)59-40-46-65(87(96)102)75(64)73(58)59)85(100)94(84(62)99)49-50-95-92(107)82-68-51-70-76-66(88(103)97(90(70)105)54(33-27-21-15-9-3)34-28-22-16-10-4)47-41-60-61-42-48-67-77-71(52-69(83(82)93(95)108)81(79(61)77)80(68)78(60)76)91(106)98(89(67)104)55(35-29-23-17-11-5)36-30-24-18-12-6/h37-48,51-55H,7-36,49-50H2,1-6H3. The molecule has 556 valence electrons. The zero-order valence-corrected chi connectivity index (χ0v) is 63.8. The van der Waals surface area contributed by atoms with Crippen molar-refractivity contribution in [2.24, 2.45) is 0 Å².